The van der Waals surface area contributed by atoms with Gasteiger partial charge in [-0.05, 0) is 24.3 Å². The maximum absolute atomic E-state index is 11.8. The van der Waals surface area contributed by atoms with E-state index in [1.807, 2.05) is 0 Å². The molecular formula is C15H13ClN2O4. The summed E-state index contributed by atoms with van der Waals surface area (Å²) in [6.45, 7) is -0.442. The van der Waals surface area contributed by atoms with Crippen LogP contribution in [0.1, 0.15) is 10.4 Å². The number of rotatable bonds is 5. The lowest BCUT2D eigenvalue weighted by molar-refractivity contribution is -0.119. The fraction of sp³-hybridized carbons (Fsp3) is 0.133. The van der Waals surface area contributed by atoms with Gasteiger partial charge in [0, 0.05) is 6.20 Å². The summed E-state index contributed by atoms with van der Waals surface area (Å²) in [5.41, 5.74) is 0.597. The van der Waals surface area contributed by atoms with Crippen LogP contribution in [-0.4, -0.2) is 30.6 Å². The highest BCUT2D eigenvalue weighted by atomic mass is 35.5. The smallest absolute Gasteiger partial charge is 0.341 e. The van der Waals surface area contributed by atoms with E-state index in [1.165, 1.54) is 19.4 Å². The van der Waals surface area contributed by atoms with Crippen LogP contribution < -0.4 is 10.1 Å². The highest BCUT2D eigenvalue weighted by molar-refractivity contribution is 6.32. The number of ether oxygens (including phenoxy) is 2. The molecule has 0 aliphatic rings. The third-order valence-corrected chi connectivity index (χ3v) is 3.00. The van der Waals surface area contributed by atoms with Gasteiger partial charge in [-0.1, -0.05) is 23.7 Å². The molecular weight excluding hydrogens is 308 g/mol. The molecule has 1 N–H and O–H groups in total. The van der Waals surface area contributed by atoms with Gasteiger partial charge in [-0.2, -0.15) is 0 Å². The van der Waals surface area contributed by atoms with Crippen molar-refractivity contribution in [3.05, 3.63) is 53.3 Å². The Morgan fingerprint density at radius 3 is 2.73 bits per heavy atom. The van der Waals surface area contributed by atoms with Gasteiger partial charge < -0.3 is 14.8 Å². The highest BCUT2D eigenvalue weighted by Crippen LogP contribution is 2.22. The molecule has 0 spiro atoms. The van der Waals surface area contributed by atoms with Gasteiger partial charge >= 0.3 is 5.97 Å². The number of benzene rings is 1. The Morgan fingerprint density at radius 1 is 1.23 bits per heavy atom. The summed E-state index contributed by atoms with van der Waals surface area (Å²) in [5.74, 6) is -0.691. The van der Waals surface area contributed by atoms with Crippen LogP contribution in [0.2, 0.25) is 5.15 Å². The number of amides is 1. The Bertz CT molecular complexity index is 691. The van der Waals surface area contributed by atoms with E-state index in [0.717, 1.165) is 0 Å². The van der Waals surface area contributed by atoms with Gasteiger partial charge in [0.15, 0.2) is 6.61 Å². The van der Waals surface area contributed by atoms with E-state index in [9.17, 15) is 9.59 Å². The van der Waals surface area contributed by atoms with Crippen molar-refractivity contribution in [3.8, 4) is 5.75 Å². The second kappa shape index (κ2) is 7.42. The third-order valence-electron chi connectivity index (χ3n) is 2.69. The minimum absolute atomic E-state index is 0.0256. The number of esters is 1. The molecule has 2 rings (SSSR count). The Balaban J connectivity index is 1.93. The monoisotopic (exact) mass is 320 g/mol. The number of anilines is 1. The van der Waals surface area contributed by atoms with Gasteiger partial charge in [-0.15, -0.1) is 0 Å². The Hall–Kier alpha value is -2.60. The number of hydrogen-bond donors (Lipinski definition) is 1. The average Bonchev–Trinajstić information content (AvgIpc) is 2.53. The largest absolute Gasteiger partial charge is 0.495 e. The molecule has 22 heavy (non-hydrogen) atoms. The first-order chi connectivity index (χ1) is 10.6. The molecule has 0 unspecified atom stereocenters. The van der Waals surface area contributed by atoms with Crippen LogP contribution in [0.5, 0.6) is 5.75 Å². The van der Waals surface area contributed by atoms with Crippen LogP contribution in [0.4, 0.5) is 5.69 Å². The number of halogens is 1. The molecule has 7 heteroatoms. The molecule has 0 fully saturated rings. The zero-order valence-electron chi connectivity index (χ0n) is 11.7. The second-order valence-corrected chi connectivity index (χ2v) is 4.52. The average molecular weight is 321 g/mol. The Morgan fingerprint density at radius 2 is 2.00 bits per heavy atom. The molecule has 1 aromatic heterocycles. The normalized spacial score (nSPS) is 9.91. The third kappa shape index (κ3) is 3.95. The van der Waals surface area contributed by atoms with Crippen LogP contribution in [0.25, 0.3) is 0 Å². The molecule has 0 radical (unpaired) electrons. The van der Waals surface area contributed by atoms with Crippen molar-refractivity contribution in [2.45, 2.75) is 0 Å². The van der Waals surface area contributed by atoms with E-state index in [4.69, 9.17) is 21.1 Å². The van der Waals surface area contributed by atoms with Crippen LogP contribution in [0.3, 0.4) is 0 Å². The van der Waals surface area contributed by atoms with Gasteiger partial charge in [-0.25, -0.2) is 9.78 Å². The summed E-state index contributed by atoms with van der Waals surface area (Å²) >= 11 is 5.77. The summed E-state index contributed by atoms with van der Waals surface area (Å²) in [6.07, 6.45) is 1.45. The first kappa shape index (κ1) is 15.8. The minimum atomic E-state index is -0.715. The lowest BCUT2D eigenvalue weighted by Crippen LogP contribution is -2.21. The zero-order chi connectivity index (χ0) is 15.9. The highest BCUT2D eigenvalue weighted by Gasteiger charge is 2.14. The van der Waals surface area contributed by atoms with Crippen LogP contribution >= 0.6 is 11.6 Å². The van der Waals surface area contributed by atoms with E-state index < -0.39 is 18.5 Å². The molecule has 0 aliphatic heterocycles. The Kier molecular flexibility index (Phi) is 5.32. The molecule has 0 bridgehead atoms. The van der Waals surface area contributed by atoms with Crippen molar-refractivity contribution >= 4 is 29.2 Å². The minimum Gasteiger partial charge on any atom is -0.495 e. The lowest BCUT2D eigenvalue weighted by atomic mass is 10.3. The number of methoxy groups -OCH3 is 1. The molecule has 0 aliphatic carbocycles. The fourth-order valence-electron chi connectivity index (χ4n) is 1.68. The molecule has 1 heterocycles. The first-order valence-corrected chi connectivity index (χ1v) is 6.70. The SMILES string of the molecule is COc1ccccc1NC(=O)COC(=O)c1cccnc1Cl. The van der Waals surface area contributed by atoms with E-state index in [-0.39, 0.29) is 10.7 Å². The maximum atomic E-state index is 11.8. The maximum Gasteiger partial charge on any atom is 0.341 e. The van der Waals surface area contributed by atoms with E-state index in [2.05, 4.69) is 10.3 Å². The fourth-order valence-corrected chi connectivity index (χ4v) is 1.88. The number of nitrogens with one attached hydrogen (secondary N) is 1. The molecule has 1 amide bonds. The summed E-state index contributed by atoms with van der Waals surface area (Å²) in [6, 6.07) is 9.93. The number of pyridine rings is 1. The van der Waals surface area contributed by atoms with Gasteiger partial charge in [0.05, 0.1) is 18.4 Å². The van der Waals surface area contributed by atoms with Crippen molar-refractivity contribution in [1.29, 1.82) is 0 Å². The molecule has 6 nitrogen and oxygen atoms in total. The van der Waals surface area contributed by atoms with E-state index in [0.29, 0.717) is 11.4 Å². The topological polar surface area (TPSA) is 77.5 Å². The van der Waals surface area contributed by atoms with Crippen LogP contribution in [-0.2, 0) is 9.53 Å². The Labute approximate surface area is 132 Å². The summed E-state index contributed by atoms with van der Waals surface area (Å²) in [5, 5.41) is 2.62. The van der Waals surface area contributed by atoms with Crippen LogP contribution in [0.15, 0.2) is 42.6 Å². The predicted molar refractivity (Wildman–Crippen MR) is 81.2 cm³/mol. The molecule has 0 saturated carbocycles. The van der Waals surface area contributed by atoms with Gasteiger partial charge in [0.2, 0.25) is 0 Å². The van der Waals surface area contributed by atoms with Gasteiger partial charge in [0.25, 0.3) is 5.91 Å². The van der Waals surface area contributed by atoms with Gasteiger partial charge in [-0.3, -0.25) is 4.79 Å². The summed E-state index contributed by atoms with van der Waals surface area (Å²) < 4.78 is 10.0. The number of carbonyl (C=O) groups is 2. The summed E-state index contributed by atoms with van der Waals surface area (Å²) in [4.78, 5) is 27.4. The van der Waals surface area contributed by atoms with Crippen molar-refractivity contribution in [2.24, 2.45) is 0 Å². The predicted octanol–water partition coefficient (Wildman–Crippen LogP) is 2.54. The zero-order valence-corrected chi connectivity index (χ0v) is 12.5. The van der Waals surface area contributed by atoms with E-state index >= 15 is 0 Å². The summed E-state index contributed by atoms with van der Waals surface area (Å²) in [7, 11) is 1.50. The lowest BCUT2D eigenvalue weighted by Gasteiger charge is -2.10. The molecule has 1 aromatic carbocycles. The first-order valence-electron chi connectivity index (χ1n) is 6.32. The number of carbonyl (C=O) groups excluding carboxylic acids is 2. The molecule has 0 saturated heterocycles. The van der Waals surface area contributed by atoms with Crippen LogP contribution in [0, 0.1) is 0 Å². The second-order valence-electron chi connectivity index (χ2n) is 4.17. The van der Waals surface area contributed by atoms with Crippen molar-refractivity contribution in [2.75, 3.05) is 19.0 Å². The number of nitrogens with zero attached hydrogens (tertiary/aromatic N) is 1. The van der Waals surface area contributed by atoms with Crippen molar-refractivity contribution in [3.63, 3.8) is 0 Å². The molecule has 2 aromatic rings. The van der Waals surface area contributed by atoms with E-state index in [1.54, 1.807) is 30.3 Å². The number of hydrogen-bond acceptors (Lipinski definition) is 5. The van der Waals surface area contributed by atoms with Crippen molar-refractivity contribution in [1.82, 2.24) is 4.98 Å². The standard InChI is InChI=1S/C15H13ClN2O4/c1-21-12-7-3-2-6-11(12)18-13(19)9-22-15(20)10-5-4-8-17-14(10)16/h2-8H,9H2,1H3,(H,18,19). The molecule has 0 atom stereocenters. The molecule has 114 valence electrons. The quantitative estimate of drug-likeness (QED) is 0.676. The number of aromatic nitrogens is 1. The van der Waals surface area contributed by atoms with Crippen molar-refractivity contribution < 1.29 is 19.1 Å². The van der Waals surface area contributed by atoms with Gasteiger partial charge in [0.1, 0.15) is 10.9 Å². The number of para-hydroxylation sites is 2.